The Labute approximate surface area is 260 Å². The zero-order valence-corrected chi connectivity index (χ0v) is 24.5. The highest BCUT2D eigenvalue weighted by atomic mass is 16.5. The van der Waals surface area contributed by atoms with Crippen LogP contribution in [-0.4, -0.2) is 66.0 Å². The molecule has 0 bridgehead atoms. The van der Waals surface area contributed by atoms with Gasteiger partial charge in [-0.05, 0) is 37.0 Å². The number of benzene rings is 3. The first kappa shape index (κ1) is 32.5. The standard InChI is InChI=1S/C32H37N7O6/c33-22(17-19-9-2-1-3-10-19)28(40)38-23(13-8-16-36-32(34)35)29(41)39-24(31(43)44)18-37-30(42)27-20-11-4-6-14-25(20)45-26-15-7-5-12-21(26)27/h1-7,9-12,14-15,22-24,27H,8,13,16-18,33H2,(H,37,42)(H,38,40)(H,39,41)(H,43,44)(H4,34,35,36)/t22-,23-,24-/m0/s1. The number of aliphatic imine (C=N–C) groups is 1. The number of nitrogens with one attached hydrogen (secondary N) is 3. The minimum Gasteiger partial charge on any atom is -0.480 e. The summed E-state index contributed by atoms with van der Waals surface area (Å²) in [6.45, 7) is -0.228. The lowest BCUT2D eigenvalue weighted by molar-refractivity contribution is -0.142. The molecule has 1 heterocycles. The fourth-order valence-corrected chi connectivity index (χ4v) is 4.98. The second kappa shape index (κ2) is 15.3. The molecule has 1 aliphatic heterocycles. The van der Waals surface area contributed by atoms with Crippen LogP contribution in [0, 0.1) is 0 Å². The summed E-state index contributed by atoms with van der Waals surface area (Å²) < 4.78 is 5.94. The van der Waals surface area contributed by atoms with Crippen LogP contribution in [0.3, 0.4) is 0 Å². The molecule has 236 valence electrons. The summed E-state index contributed by atoms with van der Waals surface area (Å²) in [5.74, 6) is -3.03. The summed E-state index contributed by atoms with van der Waals surface area (Å²) in [5.41, 5.74) is 19.0. The van der Waals surface area contributed by atoms with E-state index in [4.69, 9.17) is 21.9 Å². The molecule has 3 atom stereocenters. The quantitative estimate of drug-likeness (QED) is 0.0769. The van der Waals surface area contributed by atoms with Crippen LogP contribution in [0.4, 0.5) is 0 Å². The number of ether oxygens (including phenoxy) is 1. The lowest BCUT2D eigenvalue weighted by atomic mass is 9.87. The number of carbonyl (C=O) groups excluding carboxylic acids is 3. The average Bonchev–Trinajstić information content (AvgIpc) is 3.03. The van der Waals surface area contributed by atoms with Crippen molar-refractivity contribution in [2.24, 2.45) is 22.2 Å². The summed E-state index contributed by atoms with van der Waals surface area (Å²) in [6.07, 6.45) is 0.638. The van der Waals surface area contributed by atoms with Gasteiger partial charge in [-0.15, -0.1) is 0 Å². The smallest absolute Gasteiger partial charge is 0.328 e. The summed E-state index contributed by atoms with van der Waals surface area (Å²) >= 11 is 0. The van der Waals surface area contributed by atoms with Gasteiger partial charge in [0, 0.05) is 24.2 Å². The number of fused-ring (bicyclic) bond motifs is 2. The van der Waals surface area contributed by atoms with Crippen molar-refractivity contribution >= 4 is 29.7 Å². The lowest BCUT2D eigenvalue weighted by Crippen LogP contribution is -2.56. The summed E-state index contributed by atoms with van der Waals surface area (Å²) in [7, 11) is 0. The van der Waals surface area contributed by atoms with Crippen molar-refractivity contribution in [3.63, 3.8) is 0 Å². The minimum absolute atomic E-state index is 0.0980. The monoisotopic (exact) mass is 615 g/mol. The van der Waals surface area contributed by atoms with Crippen LogP contribution in [0.2, 0.25) is 0 Å². The van der Waals surface area contributed by atoms with E-state index < -0.39 is 54.3 Å². The molecule has 0 aliphatic carbocycles. The van der Waals surface area contributed by atoms with Crippen molar-refractivity contribution in [2.45, 2.75) is 43.3 Å². The van der Waals surface area contributed by atoms with Crippen LogP contribution < -0.4 is 37.9 Å². The van der Waals surface area contributed by atoms with E-state index in [0.717, 1.165) is 5.56 Å². The maximum atomic E-state index is 13.5. The van der Waals surface area contributed by atoms with E-state index in [2.05, 4.69) is 20.9 Å². The van der Waals surface area contributed by atoms with Crippen LogP contribution in [-0.2, 0) is 25.6 Å². The molecule has 10 N–H and O–H groups in total. The highest BCUT2D eigenvalue weighted by Crippen LogP contribution is 2.43. The number of aliphatic carboxylic acids is 1. The second-order valence-corrected chi connectivity index (χ2v) is 10.6. The molecule has 0 radical (unpaired) electrons. The predicted octanol–water partition coefficient (Wildman–Crippen LogP) is 0.718. The fraction of sp³-hybridized carbons (Fsp3) is 0.281. The first-order valence-electron chi connectivity index (χ1n) is 14.5. The number of para-hydroxylation sites is 2. The number of hydrogen-bond acceptors (Lipinski definition) is 7. The highest BCUT2D eigenvalue weighted by molar-refractivity contribution is 5.93. The molecule has 0 spiro atoms. The molecular formula is C32H37N7O6. The first-order chi connectivity index (χ1) is 21.6. The SMILES string of the molecule is NC(N)=NCCC[C@H](NC(=O)[C@@H](N)Cc1ccccc1)C(=O)N[C@@H](CNC(=O)C1c2ccccc2Oc2ccccc21)C(=O)O. The van der Waals surface area contributed by atoms with Gasteiger partial charge in [-0.3, -0.25) is 19.4 Å². The Bertz CT molecular complexity index is 1500. The van der Waals surface area contributed by atoms with Gasteiger partial charge < -0.3 is 43.0 Å². The largest absolute Gasteiger partial charge is 0.480 e. The van der Waals surface area contributed by atoms with Crippen LogP contribution in [0.5, 0.6) is 11.5 Å². The Kier molecular flexibility index (Phi) is 11.1. The molecule has 3 aromatic carbocycles. The number of nitrogens with two attached hydrogens (primary N) is 3. The lowest BCUT2D eigenvalue weighted by Gasteiger charge is -2.28. The van der Waals surface area contributed by atoms with Gasteiger partial charge in [0.05, 0.1) is 12.0 Å². The Morgan fingerprint density at radius 1 is 0.822 bits per heavy atom. The third kappa shape index (κ3) is 8.80. The molecule has 0 saturated carbocycles. The van der Waals surface area contributed by atoms with E-state index in [0.29, 0.717) is 29.0 Å². The van der Waals surface area contributed by atoms with Crippen LogP contribution in [0.15, 0.2) is 83.9 Å². The molecule has 0 aromatic heterocycles. The molecule has 0 saturated heterocycles. The third-order valence-corrected chi connectivity index (χ3v) is 7.25. The van der Waals surface area contributed by atoms with Crippen molar-refractivity contribution in [1.82, 2.24) is 16.0 Å². The van der Waals surface area contributed by atoms with E-state index >= 15 is 0 Å². The number of hydrogen-bond donors (Lipinski definition) is 7. The molecule has 3 amide bonds. The van der Waals surface area contributed by atoms with Crippen molar-refractivity contribution < 1.29 is 29.0 Å². The Morgan fingerprint density at radius 2 is 1.40 bits per heavy atom. The molecule has 0 unspecified atom stereocenters. The van der Waals surface area contributed by atoms with Gasteiger partial charge in [0.2, 0.25) is 17.7 Å². The number of carboxylic acid groups (broad SMARTS) is 1. The summed E-state index contributed by atoms with van der Waals surface area (Å²) in [4.78, 5) is 55.8. The van der Waals surface area contributed by atoms with Crippen molar-refractivity contribution in [1.29, 1.82) is 0 Å². The zero-order valence-electron chi connectivity index (χ0n) is 24.5. The van der Waals surface area contributed by atoms with Crippen LogP contribution in [0.1, 0.15) is 35.4 Å². The number of guanidine groups is 1. The minimum atomic E-state index is -1.50. The summed E-state index contributed by atoms with van der Waals surface area (Å²) in [5, 5.41) is 17.6. The Morgan fingerprint density at radius 3 is 2.00 bits per heavy atom. The van der Waals surface area contributed by atoms with E-state index in [1.807, 2.05) is 30.3 Å². The third-order valence-electron chi connectivity index (χ3n) is 7.25. The van der Waals surface area contributed by atoms with Crippen LogP contribution >= 0.6 is 0 Å². The number of carbonyl (C=O) groups is 4. The molecule has 0 fully saturated rings. The normalized spacial score (nSPS) is 13.9. The van der Waals surface area contributed by atoms with E-state index in [1.165, 1.54) is 0 Å². The van der Waals surface area contributed by atoms with Crippen molar-refractivity contribution in [3.8, 4) is 11.5 Å². The Balaban J connectivity index is 1.43. The first-order valence-corrected chi connectivity index (χ1v) is 14.5. The number of nitrogens with zero attached hydrogens (tertiary/aromatic N) is 1. The van der Waals surface area contributed by atoms with Gasteiger partial charge in [-0.25, -0.2) is 4.79 Å². The zero-order chi connectivity index (χ0) is 32.3. The van der Waals surface area contributed by atoms with Crippen molar-refractivity contribution in [3.05, 3.63) is 95.6 Å². The molecule has 13 heteroatoms. The molecule has 13 nitrogen and oxygen atoms in total. The van der Waals surface area contributed by atoms with Crippen molar-refractivity contribution in [2.75, 3.05) is 13.1 Å². The molecule has 1 aliphatic rings. The van der Waals surface area contributed by atoms with E-state index in [-0.39, 0.29) is 25.3 Å². The predicted molar refractivity (Wildman–Crippen MR) is 167 cm³/mol. The second-order valence-electron chi connectivity index (χ2n) is 10.6. The number of carboxylic acids is 1. The fourth-order valence-electron chi connectivity index (χ4n) is 4.98. The summed E-state index contributed by atoms with van der Waals surface area (Å²) in [6, 6.07) is 19.7. The Hall–Kier alpha value is -5.43. The van der Waals surface area contributed by atoms with Gasteiger partial charge >= 0.3 is 5.97 Å². The van der Waals surface area contributed by atoms with Crippen LogP contribution in [0.25, 0.3) is 0 Å². The highest BCUT2D eigenvalue weighted by Gasteiger charge is 2.34. The molecular weight excluding hydrogens is 578 g/mol. The topological polar surface area (TPSA) is 224 Å². The van der Waals surface area contributed by atoms with E-state index in [1.54, 1.807) is 48.5 Å². The van der Waals surface area contributed by atoms with E-state index in [9.17, 15) is 24.3 Å². The number of amides is 3. The van der Waals surface area contributed by atoms with Gasteiger partial charge in [0.1, 0.15) is 23.6 Å². The maximum Gasteiger partial charge on any atom is 0.328 e. The van der Waals surface area contributed by atoms with Gasteiger partial charge in [0.25, 0.3) is 0 Å². The molecule has 45 heavy (non-hydrogen) atoms. The average molecular weight is 616 g/mol. The molecule has 3 aromatic rings. The van der Waals surface area contributed by atoms with Gasteiger partial charge in [0.15, 0.2) is 5.96 Å². The molecule has 4 rings (SSSR count). The maximum absolute atomic E-state index is 13.5. The number of rotatable bonds is 14. The van der Waals surface area contributed by atoms with Gasteiger partial charge in [-0.2, -0.15) is 0 Å². The van der Waals surface area contributed by atoms with Gasteiger partial charge in [-0.1, -0.05) is 66.7 Å².